The molecule has 2 aromatic carbocycles. The average molecular weight is 361 g/mol. The zero-order chi connectivity index (χ0) is 14.4. The van der Waals surface area contributed by atoms with E-state index in [0.717, 1.165) is 15.9 Å². The third kappa shape index (κ3) is 2.21. The average Bonchev–Trinajstić information content (AvgIpc) is 2.97. The fraction of sp³-hybridized carbons (Fsp3) is 0.222. The summed E-state index contributed by atoms with van der Waals surface area (Å²) in [7, 11) is 0. The molecule has 3 heteroatoms. The van der Waals surface area contributed by atoms with Gasteiger partial charge >= 0.3 is 0 Å². The minimum absolute atomic E-state index is 0.271. The second-order valence-electron chi connectivity index (χ2n) is 5.73. The van der Waals surface area contributed by atoms with Gasteiger partial charge in [0.15, 0.2) is 0 Å². The maximum atomic E-state index is 6.43. The third-order valence-electron chi connectivity index (χ3n) is 4.57. The van der Waals surface area contributed by atoms with Crippen LogP contribution in [0.25, 0.3) is 0 Å². The number of nitrogens with one attached hydrogen (secondary N) is 1. The molecule has 1 N–H and O–H groups in total. The van der Waals surface area contributed by atoms with Crippen molar-refractivity contribution in [3.63, 3.8) is 0 Å². The Bertz CT molecular complexity index is 725. The lowest BCUT2D eigenvalue weighted by molar-refractivity contribution is 0.425. The molecular weight excluding hydrogens is 346 g/mol. The van der Waals surface area contributed by atoms with Crippen molar-refractivity contribution in [1.82, 2.24) is 0 Å². The molecule has 4 rings (SSSR count). The standard InChI is InChI=1S/C18H15BrClN/c19-11-8-9-17-15(10-11)12-5-3-6-13(12)18(21-17)14-4-1-2-7-16(14)20/h1-5,7-10,12-13,18,21H,6H2/t12-,13+,18+/m0/s1. The Morgan fingerprint density at radius 3 is 2.81 bits per heavy atom. The van der Waals surface area contributed by atoms with E-state index in [1.54, 1.807) is 0 Å². The first-order valence-corrected chi connectivity index (χ1v) is 8.38. The SMILES string of the molecule is Clc1ccccc1[C@@H]1Nc2ccc(Br)cc2[C@H]2C=CC[C@H]21. The van der Waals surface area contributed by atoms with Crippen molar-refractivity contribution < 1.29 is 0 Å². The van der Waals surface area contributed by atoms with Gasteiger partial charge in [-0.05, 0) is 47.7 Å². The molecule has 1 nitrogen and oxygen atoms in total. The summed E-state index contributed by atoms with van der Waals surface area (Å²) in [4.78, 5) is 0. The molecule has 3 atom stereocenters. The second-order valence-corrected chi connectivity index (χ2v) is 7.05. The fourth-order valence-corrected chi connectivity index (χ4v) is 4.23. The lowest BCUT2D eigenvalue weighted by Crippen LogP contribution is -2.29. The first-order valence-electron chi connectivity index (χ1n) is 7.21. The van der Waals surface area contributed by atoms with Crippen molar-refractivity contribution in [3.8, 4) is 0 Å². The van der Waals surface area contributed by atoms with Gasteiger partial charge < -0.3 is 5.32 Å². The van der Waals surface area contributed by atoms with Crippen LogP contribution in [-0.2, 0) is 0 Å². The topological polar surface area (TPSA) is 12.0 Å². The number of halogens is 2. The van der Waals surface area contributed by atoms with Gasteiger partial charge in [-0.3, -0.25) is 0 Å². The molecule has 0 bridgehead atoms. The molecule has 0 fully saturated rings. The lowest BCUT2D eigenvalue weighted by Gasteiger charge is -2.38. The Labute approximate surface area is 138 Å². The van der Waals surface area contributed by atoms with Crippen LogP contribution >= 0.6 is 27.5 Å². The molecule has 2 aliphatic rings. The molecule has 0 amide bonds. The first-order chi connectivity index (χ1) is 10.2. The molecule has 0 spiro atoms. The maximum Gasteiger partial charge on any atom is 0.0568 e. The number of allylic oxidation sites excluding steroid dienone is 2. The van der Waals surface area contributed by atoms with Crippen molar-refractivity contribution in [3.05, 3.63) is 75.2 Å². The Balaban J connectivity index is 1.82. The Kier molecular flexibility index (Phi) is 3.31. The summed E-state index contributed by atoms with van der Waals surface area (Å²) in [5.74, 6) is 1.01. The summed E-state index contributed by atoms with van der Waals surface area (Å²) < 4.78 is 1.14. The van der Waals surface area contributed by atoms with Gasteiger partial charge in [0.1, 0.15) is 0 Å². The van der Waals surface area contributed by atoms with Gasteiger partial charge in [0.05, 0.1) is 6.04 Å². The summed E-state index contributed by atoms with van der Waals surface area (Å²) >= 11 is 10.0. The smallest absolute Gasteiger partial charge is 0.0568 e. The minimum atomic E-state index is 0.271. The van der Waals surface area contributed by atoms with Crippen LogP contribution in [0.3, 0.4) is 0 Å². The Morgan fingerprint density at radius 2 is 1.95 bits per heavy atom. The molecule has 0 saturated carbocycles. The van der Waals surface area contributed by atoms with Crippen LogP contribution in [0, 0.1) is 5.92 Å². The number of rotatable bonds is 1. The molecule has 1 aliphatic heterocycles. The number of hydrogen-bond acceptors (Lipinski definition) is 1. The van der Waals surface area contributed by atoms with Crippen LogP contribution in [-0.4, -0.2) is 0 Å². The number of anilines is 1. The van der Waals surface area contributed by atoms with Gasteiger partial charge in [-0.15, -0.1) is 0 Å². The monoisotopic (exact) mass is 359 g/mol. The highest BCUT2D eigenvalue weighted by Crippen LogP contribution is 2.51. The molecule has 0 unspecified atom stereocenters. The lowest BCUT2D eigenvalue weighted by atomic mass is 9.77. The summed E-state index contributed by atoms with van der Waals surface area (Å²) in [5, 5.41) is 4.56. The molecule has 106 valence electrons. The van der Waals surface area contributed by atoms with Crippen LogP contribution in [0.4, 0.5) is 5.69 Å². The highest BCUT2D eigenvalue weighted by molar-refractivity contribution is 9.10. The van der Waals surface area contributed by atoms with Crippen LogP contribution in [0.1, 0.15) is 29.5 Å². The van der Waals surface area contributed by atoms with Gasteiger partial charge in [0.25, 0.3) is 0 Å². The minimum Gasteiger partial charge on any atom is -0.378 e. The van der Waals surface area contributed by atoms with Gasteiger partial charge in [-0.1, -0.05) is 57.9 Å². The molecule has 0 radical (unpaired) electrons. The van der Waals surface area contributed by atoms with Crippen LogP contribution in [0.2, 0.25) is 5.02 Å². The van der Waals surface area contributed by atoms with Gasteiger partial charge in [-0.25, -0.2) is 0 Å². The summed E-state index contributed by atoms with van der Waals surface area (Å²) in [6.45, 7) is 0. The van der Waals surface area contributed by atoms with Crippen LogP contribution in [0.5, 0.6) is 0 Å². The van der Waals surface area contributed by atoms with E-state index < -0.39 is 0 Å². The molecule has 1 heterocycles. The van der Waals surface area contributed by atoms with Gasteiger partial charge in [0.2, 0.25) is 0 Å². The number of hydrogen-bond donors (Lipinski definition) is 1. The number of fused-ring (bicyclic) bond motifs is 3. The molecule has 0 aromatic heterocycles. The highest BCUT2D eigenvalue weighted by atomic mass is 79.9. The predicted octanol–water partition coefficient (Wildman–Crippen LogP) is 5.93. The van der Waals surface area contributed by atoms with Gasteiger partial charge in [0, 0.05) is 21.1 Å². The van der Waals surface area contributed by atoms with Crippen molar-refractivity contribution in [2.24, 2.45) is 5.92 Å². The Morgan fingerprint density at radius 1 is 1.10 bits per heavy atom. The molecular formula is C18H15BrClN. The molecule has 2 aromatic rings. The van der Waals surface area contributed by atoms with E-state index in [9.17, 15) is 0 Å². The molecule has 0 saturated heterocycles. The predicted molar refractivity (Wildman–Crippen MR) is 91.9 cm³/mol. The van der Waals surface area contributed by atoms with Crippen LogP contribution < -0.4 is 5.32 Å². The fourth-order valence-electron chi connectivity index (χ4n) is 3.60. The largest absolute Gasteiger partial charge is 0.378 e. The zero-order valence-corrected chi connectivity index (χ0v) is 13.7. The highest BCUT2D eigenvalue weighted by Gasteiger charge is 2.38. The van der Waals surface area contributed by atoms with Crippen molar-refractivity contribution in [2.75, 3.05) is 5.32 Å². The maximum absolute atomic E-state index is 6.43. The number of benzene rings is 2. The second kappa shape index (κ2) is 5.19. The summed E-state index contributed by atoms with van der Waals surface area (Å²) in [6, 6.07) is 14.9. The van der Waals surface area contributed by atoms with E-state index in [-0.39, 0.29) is 6.04 Å². The van der Waals surface area contributed by atoms with E-state index in [0.29, 0.717) is 11.8 Å². The van der Waals surface area contributed by atoms with E-state index in [4.69, 9.17) is 11.6 Å². The van der Waals surface area contributed by atoms with Crippen molar-refractivity contribution >= 4 is 33.2 Å². The van der Waals surface area contributed by atoms with Crippen molar-refractivity contribution in [2.45, 2.75) is 18.4 Å². The van der Waals surface area contributed by atoms with E-state index in [2.05, 4.69) is 63.7 Å². The molecule has 21 heavy (non-hydrogen) atoms. The zero-order valence-electron chi connectivity index (χ0n) is 11.4. The van der Waals surface area contributed by atoms with Crippen LogP contribution in [0.15, 0.2) is 59.1 Å². The van der Waals surface area contributed by atoms with Gasteiger partial charge in [-0.2, -0.15) is 0 Å². The van der Waals surface area contributed by atoms with E-state index >= 15 is 0 Å². The normalized spacial score (nSPS) is 26.1. The summed E-state index contributed by atoms with van der Waals surface area (Å²) in [6.07, 6.45) is 5.75. The summed E-state index contributed by atoms with van der Waals surface area (Å²) in [5.41, 5.74) is 3.80. The Hall–Kier alpha value is -1.25. The van der Waals surface area contributed by atoms with E-state index in [1.807, 2.05) is 12.1 Å². The third-order valence-corrected chi connectivity index (χ3v) is 5.40. The van der Waals surface area contributed by atoms with E-state index in [1.165, 1.54) is 16.8 Å². The molecule has 1 aliphatic carbocycles. The quantitative estimate of drug-likeness (QED) is 0.622. The van der Waals surface area contributed by atoms with Crippen molar-refractivity contribution in [1.29, 1.82) is 0 Å². The first kappa shape index (κ1) is 13.4.